The summed E-state index contributed by atoms with van der Waals surface area (Å²) in [5.74, 6) is 0.0292. The van der Waals surface area contributed by atoms with Crippen LogP contribution in [0.25, 0.3) is 28.2 Å². The second-order valence-corrected chi connectivity index (χ2v) is 8.32. The van der Waals surface area contributed by atoms with Gasteiger partial charge in [0.15, 0.2) is 17.3 Å². The van der Waals surface area contributed by atoms with E-state index in [1.807, 2.05) is 85.4 Å². The van der Waals surface area contributed by atoms with Crippen LogP contribution in [0.1, 0.15) is 0 Å². The van der Waals surface area contributed by atoms with Crippen LogP contribution in [0.15, 0.2) is 73.3 Å². The molecular weight excluding hydrogens is 439 g/mol. The van der Waals surface area contributed by atoms with Gasteiger partial charge in [-0.05, 0) is 30.3 Å². The molecule has 0 aliphatic carbocycles. The maximum absolute atomic E-state index is 11.3. The lowest BCUT2D eigenvalue weighted by atomic mass is 10.0. The first-order valence-corrected chi connectivity index (χ1v) is 11.0. The third-order valence-electron chi connectivity index (χ3n) is 5.56. The maximum Gasteiger partial charge on any atom is 0.201 e. The van der Waals surface area contributed by atoms with Crippen molar-refractivity contribution in [2.45, 2.75) is 0 Å². The van der Waals surface area contributed by atoms with Crippen LogP contribution in [0.3, 0.4) is 0 Å². The number of benzene rings is 2. The quantitative estimate of drug-likeness (QED) is 0.366. The molecule has 10 heteroatoms. The van der Waals surface area contributed by atoms with Gasteiger partial charge in [0, 0.05) is 67.9 Å². The number of carbonyl (C=O) groups excluding carboxylic acids is 1. The fraction of sp³-hybridized carbons (Fsp3) is 0.120. The Kier molecular flexibility index (Phi) is 5.70. The average Bonchev–Trinajstić information content (AvgIpc) is 3.43. The first-order chi connectivity index (χ1) is 16.9. The summed E-state index contributed by atoms with van der Waals surface area (Å²) in [5.41, 5.74) is 6.65. The predicted molar refractivity (Wildman–Crippen MR) is 139 cm³/mol. The van der Waals surface area contributed by atoms with Gasteiger partial charge in [-0.1, -0.05) is 18.2 Å². The number of rotatable bonds is 6. The van der Waals surface area contributed by atoms with Gasteiger partial charge in [-0.25, -0.2) is 9.97 Å². The Morgan fingerprint density at radius 3 is 2.66 bits per heavy atom. The molecule has 2 N–H and O–H groups in total. The molecule has 2 radical (unpaired) electrons. The van der Waals surface area contributed by atoms with E-state index in [4.69, 9.17) is 7.85 Å². The zero-order chi connectivity index (χ0) is 24.5. The first-order valence-electron chi connectivity index (χ1n) is 11.0. The summed E-state index contributed by atoms with van der Waals surface area (Å²) in [6.45, 7) is 0. The van der Waals surface area contributed by atoms with Gasteiger partial charge in [-0.2, -0.15) is 5.10 Å². The van der Waals surface area contributed by atoms with Crippen LogP contribution in [0, 0.1) is 0 Å². The van der Waals surface area contributed by atoms with Crippen molar-refractivity contribution in [1.29, 1.82) is 0 Å². The number of hydrogen-bond donors (Lipinski definition) is 2. The van der Waals surface area contributed by atoms with Crippen molar-refractivity contribution in [3.8, 4) is 22.5 Å². The normalized spacial score (nSPS) is 10.9. The molecule has 5 rings (SSSR count). The maximum atomic E-state index is 11.3. The predicted octanol–water partition coefficient (Wildman–Crippen LogP) is 4.31. The number of nitrogens with one attached hydrogen (secondary N) is 2. The van der Waals surface area contributed by atoms with Gasteiger partial charge < -0.3 is 15.5 Å². The molecule has 0 aliphatic rings. The van der Waals surface area contributed by atoms with Gasteiger partial charge in [0.1, 0.15) is 5.69 Å². The van der Waals surface area contributed by atoms with Crippen LogP contribution in [-0.2, 0) is 7.05 Å². The van der Waals surface area contributed by atoms with Gasteiger partial charge in [0.25, 0.3) is 0 Å². The van der Waals surface area contributed by atoms with Crippen LogP contribution < -0.4 is 15.5 Å². The lowest BCUT2D eigenvalue weighted by molar-refractivity contribution is 0.269. The van der Waals surface area contributed by atoms with Gasteiger partial charge in [0.05, 0.1) is 11.9 Å². The number of aromatic nitrogens is 5. The minimum absolute atomic E-state index is 0.598. The molecule has 0 aliphatic heterocycles. The van der Waals surface area contributed by atoms with Crippen molar-refractivity contribution >= 4 is 42.2 Å². The average molecular weight is 462 g/mol. The van der Waals surface area contributed by atoms with Gasteiger partial charge >= 0.3 is 0 Å². The summed E-state index contributed by atoms with van der Waals surface area (Å²) in [5, 5.41) is 10.7. The van der Waals surface area contributed by atoms with Crippen molar-refractivity contribution in [2.24, 2.45) is 7.05 Å². The minimum Gasteiger partial charge on any atom is -0.378 e. The Labute approximate surface area is 203 Å². The standard InChI is InChI=1S/C25H23BN8O/c1-32(2)19-9-5-8-18(13-19)29-23-24-28-14-21(34(24)11-10-27-23)20-15-33(3)31-22(20)16-6-4-7-17(12-16)30-25(26)35/h4-15H,1-3H3,(H,27,29)(H,30,35). The number of carbonyl (C=O) groups is 1. The summed E-state index contributed by atoms with van der Waals surface area (Å²) >= 11 is 0. The molecule has 0 saturated carbocycles. The topological polar surface area (TPSA) is 92.4 Å². The molecule has 5 aromatic rings. The molecule has 0 unspecified atom stereocenters. The molecule has 3 aromatic heterocycles. The largest absolute Gasteiger partial charge is 0.378 e. The van der Waals surface area contributed by atoms with Crippen LogP contribution in [-0.4, -0.2) is 51.9 Å². The van der Waals surface area contributed by atoms with Crippen LogP contribution >= 0.6 is 0 Å². The summed E-state index contributed by atoms with van der Waals surface area (Å²) in [6.07, 6.45) is 7.37. The van der Waals surface area contributed by atoms with E-state index >= 15 is 0 Å². The molecule has 0 atom stereocenters. The summed E-state index contributed by atoms with van der Waals surface area (Å²) in [6, 6.07) is 15.5. The lowest BCUT2D eigenvalue weighted by Crippen LogP contribution is -2.08. The second-order valence-electron chi connectivity index (χ2n) is 8.32. The van der Waals surface area contributed by atoms with Gasteiger partial charge in [-0.3, -0.25) is 13.9 Å². The number of anilines is 4. The van der Waals surface area contributed by atoms with E-state index in [9.17, 15) is 4.79 Å². The highest BCUT2D eigenvalue weighted by Crippen LogP contribution is 2.33. The van der Waals surface area contributed by atoms with Crippen molar-refractivity contribution in [3.05, 3.63) is 73.3 Å². The van der Waals surface area contributed by atoms with Crippen molar-refractivity contribution in [3.63, 3.8) is 0 Å². The molecule has 0 bridgehead atoms. The minimum atomic E-state index is -0.617. The zero-order valence-corrected chi connectivity index (χ0v) is 19.6. The number of amides is 1. The highest BCUT2D eigenvalue weighted by atomic mass is 16.1. The third kappa shape index (κ3) is 4.46. The smallest absolute Gasteiger partial charge is 0.201 e. The number of aryl methyl sites for hydroxylation is 1. The highest BCUT2D eigenvalue weighted by Gasteiger charge is 2.18. The number of fused-ring (bicyclic) bond motifs is 1. The van der Waals surface area contributed by atoms with Crippen molar-refractivity contribution in [2.75, 3.05) is 29.6 Å². The van der Waals surface area contributed by atoms with Crippen LogP contribution in [0.5, 0.6) is 0 Å². The molecule has 0 spiro atoms. The Bertz CT molecular complexity index is 1540. The molecule has 1 amide bonds. The Morgan fingerprint density at radius 2 is 1.86 bits per heavy atom. The fourth-order valence-electron chi connectivity index (χ4n) is 3.98. The van der Waals surface area contributed by atoms with E-state index in [0.29, 0.717) is 17.2 Å². The Hall–Kier alpha value is -4.60. The van der Waals surface area contributed by atoms with Crippen LogP contribution in [0.4, 0.5) is 27.7 Å². The fourth-order valence-corrected chi connectivity index (χ4v) is 3.98. The van der Waals surface area contributed by atoms with Crippen molar-refractivity contribution in [1.82, 2.24) is 24.1 Å². The van der Waals surface area contributed by atoms with E-state index < -0.39 is 5.81 Å². The number of imidazole rings is 1. The molecule has 172 valence electrons. The van der Waals surface area contributed by atoms with E-state index in [0.717, 1.165) is 33.9 Å². The lowest BCUT2D eigenvalue weighted by Gasteiger charge is -2.14. The summed E-state index contributed by atoms with van der Waals surface area (Å²) in [4.78, 5) is 22.5. The molecule has 35 heavy (non-hydrogen) atoms. The molecule has 0 saturated heterocycles. The number of nitrogens with zero attached hydrogens (tertiary/aromatic N) is 6. The molecule has 3 heterocycles. The SMILES string of the molecule is [B]C(=O)Nc1cccc(-c2nn(C)cc2-c2cnc3c(Nc4cccc(N(C)C)c4)nccn23)c1. The summed E-state index contributed by atoms with van der Waals surface area (Å²) in [7, 11) is 11.2. The van der Waals surface area contributed by atoms with E-state index in [1.54, 1.807) is 16.9 Å². The van der Waals surface area contributed by atoms with E-state index in [2.05, 4.69) is 31.8 Å². The van der Waals surface area contributed by atoms with Crippen molar-refractivity contribution < 1.29 is 4.79 Å². The second kappa shape index (κ2) is 8.98. The molecular formula is C25H23BN8O. The van der Waals surface area contributed by atoms with Crippen LogP contribution in [0.2, 0.25) is 0 Å². The zero-order valence-electron chi connectivity index (χ0n) is 19.6. The van der Waals surface area contributed by atoms with Gasteiger partial charge in [-0.15, -0.1) is 0 Å². The molecule has 9 nitrogen and oxygen atoms in total. The highest BCUT2D eigenvalue weighted by molar-refractivity contribution is 6.60. The van der Waals surface area contributed by atoms with E-state index in [1.165, 1.54) is 0 Å². The number of hydrogen-bond acceptors (Lipinski definition) is 6. The first kappa shape index (κ1) is 22.2. The third-order valence-corrected chi connectivity index (χ3v) is 5.56. The summed E-state index contributed by atoms with van der Waals surface area (Å²) < 4.78 is 3.74. The van der Waals surface area contributed by atoms with Gasteiger partial charge in [0.2, 0.25) is 7.85 Å². The molecule has 0 fully saturated rings. The monoisotopic (exact) mass is 462 g/mol. The molecule has 2 aromatic carbocycles. The Morgan fingerprint density at radius 1 is 1.06 bits per heavy atom. The Balaban J connectivity index is 1.55. The van der Waals surface area contributed by atoms with E-state index in [-0.39, 0.29) is 0 Å².